The summed E-state index contributed by atoms with van der Waals surface area (Å²) in [5.41, 5.74) is 6.54. The number of hydrogen-bond acceptors (Lipinski definition) is 4. The lowest BCUT2D eigenvalue weighted by molar-refractivity contribution is -0.120. The van der Waals surface area contributed by atoms with E-state index in [0.717, 1.165) is 5.56 Å². The normalized spacial score (nSPS) is 11.9. The predicted molar refractivity (Wildman–Crippen MR) is 92.0 cm³/mol. The van der Waals surface area contributed by atoms with E-state index in [2.05, 4.69) is 10.3 Å². The number of primary amides is 1. The van der Waals surface area contributed by atoms with Gasteiger partial charge in [-0.25, -0.2) is 4.98 Å². The zero-order valence-electron chi connectivity index (χ0n) is 13.5. The molecule has 0 saturated carbocycles. The second-order valence-corrected chi connectivity index (χ2v) is 5.63. The smallest absolute Gasteiger partial charge is 0.270 e. The van der Waals surface area contributed by atoms with Gasteiger partial charge < -0.3 is 11.1 Å². The van der Waals surface area contributed by atoms with Crippen LogP contribution in [0.1, 0.15) is 27.5 Å². The van der Waals surface area contributed by atoms with Gasteiger partial charge in [0.2, 0.25) is 5.91 Å². The van der Waals surface area contributed by atoms with Crippen LogP contribution in [-0.2, 0) is 4.79 Å². The summed E-state index contributed by atoms with van der Waals surface area (Å²) in [6.45, 7) is 1.83. The molecule has 2 aromatic heterocycles. The number of rotatable bonds is 4. The van der Waals surface area contributed by atoms with Crippen molar-refractivity contribution in [1.29, 1.82) is 0 Å². The number of fused-ring (bicyclic) bond motifs is 1. The number of amides is 2. The van der Waals surface area contributed by atoms with E-state index >= 15 is 0 Å². The third-order valence-electron chi connectivity index (χ3n) is 3.79. The van der Waals surface area contributed by atoms with Crippen LogP contribution < -0.4 is 16.6 Å². The molecule has 0 aliphatic rings. The van der Waals surface area contributed by atoms with Gasteiger partial charge in [0.15, 0.2) is 0 Å². The molecular weight excluding hydrogens is 320 g/mol. The highest BCUT2D eigenvalue weighted by Crippen LogP contribution is 2.12. The lowest BCUT2D eigenvalue weighted by atomic mass is 10.1. The van der Waals surface area contributed by atoms with Crippen LogP contribution in [0, 0.1) is 6.92 Å². The van der Waals surface area contributed by atoms with E-state index in [0.29, 0.717) is 11.2 Å². The lowest BCUT2D eigenvalue weighted by Crippen LogP contribution is -2.40. The van der Waals surface area contributed by atoms with Crippen molar-refractivity contribution in [1.82, 2.24) is 14.7 Å². The highest BCUT2D eigenvalue weighted by Gasteiger charge is 2.22. The molecule has 1 aromatic carbocycles. The largest absolute Gasteiger partial charge is 0.368 e. The minimum absolute atomic E-state index is 0.162. The van der Waals surface area contributed by atoms with Crippen molar-refractivity contribution >= 4 is 17.5 Å². The van der Waals surface area contributed by atoms with Crippen LogP contribution in [0.25, 0.3) is 5.65 Å². The van der Waals surface area contributed by atoms with E-state index in [1.807, 2.05) is 13.0 Å². The molecule has 0 saturated heterocycles. The van der Waals surface area contributed by atoms with Crippen LogP contribution >= 0.6 is 0 Å². The van der Waals surface area contributed by atoms with Crippen molar-refractivity contribution in [3.63, 3.8) is 0 Å². The van der Waals surface area contributed by atoms with Gasteiger partial charge in [-0.05, 0) is 24.1 Å². The van der Waals surface area contributed by atoms with Crippen LogP contribution in [0.2, 0.25) is 0 Å². The number of nitrogens with zero attached hydrogens (tertiary/aromatic N) is 2. The van der Waals surface area contributed by atoms with Crippen molar-refractivity contribution in [2.75, 3.05) is 0 Å². The number of nitrogens with two attached hydrogens (primary N) is 1. The number of pyridine rings is 1. The molecule has 0 bridgehead atoms. The first-order chi connectivity index (χ1) is 12.0. The molecule has 2 amide bonds. The van der Waals surface area contributed by atoms with E-state index in [9.17, 15) is 14.4 Å². The number of benzene rings is 1. The Balaban J connectivity index is 1.98. The zero-order chi connectivity index (χ0) is 18.0. The van der Waals surface area contributed by atoms with Gasteiger partial charge in [-0.3, -0.25) is 18.8 Å². The molecule has 0 fully saturated rings. The van der Waals surface area contributed by atoms with Gasteiger partial charge in [-0.15, -0.1) is 0 Å². The second kappa shape index (κ2) is 6.56. The van der Waals surface area contributed by atoms with Crippen molar-refractivity contribution in [3.8, 4) is 0 Å². The SMILES string of the molecule is Cc1ccc2ncc(C(=O)N[C@@H](C(N)=O)c3ccccc3)c(=O)n2c1. The second-order valence-electron chi connectivity index (χ2n) is 5.63. The number of aromatic nitrogens is 2. The van der Waals surface area contributed by atoms with Crippen LogP contribution in [0.4, 0.5) is 0 Å². The van der Waals surface area contributed by atoms with Gasteiger partial charge in [0.1, 0.15) is 17.3 Å². The molecule has 25 heavy (non-hydrogen) atoms. The fraction of sp³-hybridized carbons (Fsp3) is 0.111. The Bertz CT molecular complexity index is 1010. The minimum atomic E-state index is -1.04. The molecular formula is C18H16N4O3. The molecule has 3 rings (SSSR count). The molecule has 0 spiro atoms. The summed E-state index contributed by atoms with van der Waals surface area (Å²) in [4.78, 5) is 40.9. The molecule has 7 heteroatoms. The van der Waals surface area contributed by atoms with Gasteiger partial charge in [0.05, 0.1) is 0 Å². The van der Waals surface area contributed by atoms with Crippen LogP contribution in [0.3, 0.4) is 0 Å². The predicted octanol–water partition coefficient (Wildman–Crippen LogP) is 0.959. The number of hydrogen-bond donors (Lipinski definition) is 2. The van der Waals surface area contributed by atoms with Crippen LogP contribution in [0.15, 0.2) is 59.7 Å². The number of carbonyl (C=O) groups is 2. The quantitative estimate of drug-likeness (QED) is 0.740. The first-order valence-electron chi connectivity index (χ1n) is 7.60. The number of carbonyl (C=O) groups excluding carboxylic acids is 2. The Labute approximate surface area is 143 Å². The fourth-order valence-electron chi connectivity index (χ4n) is 2.51. The average Bonchev–Trinajstić information content (AvgIpc) is 2.60. The van der Waals surface area contributed by atoms with Gasteiger partial charge in [-0.1, -0.05) is 36.4 Å². The monoisotopic (exact) mass is 336 g/mol. The van der Waals surface area contributed by atoms with Crippen molar-refractivity contribution < 1.29 is 9.59 Å². The van der Waals surface area contributed by atoms with Crippen molar-refractivity contribution in [2.24, 2.45) is 5.73 Å². The maximum Gasteiger partial charge on any atom is 0.270 e. The van der Waals surface area contributed by atoms with Gasteiger partial charge >= 0.3 is 0 Å². The molecule has 3 aromatic rings. The molecule has 0 aliphatic heterocycles. The summed E-state index contributed by atoms with van der Waals surface area (Å²) in [7, 11) is 0. The minimum Gasteiger partial charge on any atom is -0.368 e. The lowest BCUT2D eigenvalue weighted by Gasteiger charge is -2.15. The maximum absolute atomic E-state index is 12.6. The molecule has 0 radical (unpaired) electrons. The van der Waals surface area contributed by atoms with Gasteiger partial charge in [0.25, 0.3) is 11.5 Å². The van der Waals surface area contributed by atoms with E-state index in [1.165, 1.54) is 10.6 Å². The Hall–Kier alpha value is -3.48. The highest BCUT2D eigenvalue weighted by molar-refractivity contribution is 5.97. The summed E-state index contributed by atoms with van der Waals surface area (Å²) < 4.78 is 1.30. The van der Waals surface area contributed by atoms with E-state index in [4.69, 9.17) is 5.73 Å². The average molecular weight is 336 g/mol. The third kappa shape index (κ3) is 3.25. The van der Waals surface area contributed by atoms with Gasteiger partial charge in [0, 0.05) is 12.4 Å². The number of aryl methyl sites for hydroxylation is 1. The summed E-state index contributed by atoms with van der Waals surface area (Å²) >= 11 is 0. The topological polar surface area (TPSA) is 107 Å². The highest BCUT2D eigenvalue weighted by atomic mass is 16.2. The van der Waals surface area contributed by atoms with Crippen LogP contribution in [-0.4, -0.2) is 21.2 Å². The zero-order valence-corrected chi connectivity index (χ0v) is 13.5. The van der Waals surface area contributed by atoms with Crippen molar-refractivity contribution in [3.05, 3.63) is 81.9 Å². The molecule has 0 aliphatic carbocycles. The molecule has 126 valence electrons. The summed E-state index contributed by atoms with van der Waals surface area (Å²) in [5.74, 6) is -1.43. The first-order valence-corrected chi connectivity index (χ1v) is 7.60. The standard InChI is InChI=1S/C18H16N4O3/c1-11-7-8-14-20-9-13(18(25)22(14)10-11)17(24)21-15(16(19)23)12-5-3-2-4-6-12/h2-10,15H,1H3,(H2,19,23)(H,21,24)/t15-/m1/s1. The van der Waals surface area contributed by atoms with Crippen molar-refractivity contribution in [2.45, 2.75) is 13.0 Å². The van der Waals surface area contributed by atoms with E-state index in [1.54, 1.807) is 42.6 Å². The van der Waals surface area contributed by atoms with E-state index < -0.39 is 23.4 Å². The Kier molecular flexibility index (Phi) is 4.30. The Morgan fingerprint density at radius 3 is 2.56 bits per heavy atom. The number of nitrogens with one attached hydrogen (secondary N) is 1. The third-order valence-corrected chi connectivity index (χ3v) is 3.79. The summed E-state index contributed by atoms with van der Waals surface area (Å²) in [5, 5.41) is 2.50. The first kappa shape index (κ1) is 16.4. The fourth-order valence-corrected chi connectivity index (χ4v) is 2.51. The van der Waals surface area contributed by atoms with Crippen LogP contribution in [0.5, 0.6) is 0 Å². The maximum atomic E-state index is 12.6. The Morgan fingerprint density at radius 1 is 1.16 bits per heavy atom. The molecule has 3 N–H and O–H groups in total. The van der Waals surface area contributed by atoms with Gasteiger partial charge in [-0.2, -0.15) is 0 Å². The molecule has 0 unspecified atom stereocenters. The molecule has 1 atom stereocenters. The van der Waals surface area contributed by atoms with E-state index in [-0.39, 0.29) is 5.56 Å². The molecule has 2 heterocycles. The Morgan fingerprint density at radius 2 is 1.88 bits per heavy atom. The summed E-state index contributed by atoms with van der Waals surface area (Å²) in [6, 6.07) is 11.1. The molecule has 7 nitrogen and oxygen atoms in total. The summed E-state index contributed by atoms with van der Waals surface area (Å²) in [6.07, 6.45) is 2.80.